The zero-order valence-electron chi connectivity index (χ0n) is 12.2. The minimum Gasteiger partial charge on any atom is -0.481 e. The highest BCUT2D eigenvalue weighted by atomic mass is 16.5. The Morgan fingerprint density at radius 2 is 1.95 bits per heavy atom. The van der Waals surface area contributed by atoms with Crippen LogP contribution >= 0.6 is 0 Å². The fourth-order valence-corrected chi connectivity index (χ4v) is 2.41. The Kier molecular flexibility index (Phi) is 4.98. The van der Waals surface area contributed by atoms with Gasteiger partial charge in [0.25, 0.3) is 5.91 Å². The van der Waals surface area contributed by atoms with Gasteiger partial charge in [0.2, 0.25) is 0 Å². The Bertz CT molecular complexity index is 579. The third-order valence-corrected chi connectivity index (χ3v) is 3.67. The van der Waals surface area contributed by atoms with Crippen molar-refractivity contribution in [2.24, 2.45) is 5.92 Å². The van der Waals surface area contributed by atoms with Crippen molar-refractivity contribution in [1.29, 1.82) is 0 Å². The molecule has 118 valence electrons. The summed E-state index contributed by atoms with van der Waals surface area (Å²) in [5.74, 6) is -1.36. The molecule has 7 heteroatoms. The molecule has 1 aliphatic rings. The van der Waals surface area contributed by atoms with Gasteiger partial charge >= 0.3 is 12.1 Å². The first kappa shape index (κ1) is 15.8. The van der Waals surface area contributed by atoms with E-state index in [1.54, 1.807) is 29.2 Å². The molecule has 1 fully saturated rings. The largest absolute Gasteiger partial charge is 0.481 e. The van der Waals surface area contributed by atoms with Crippen molar-refractivity contribution in [3.05, 3.63) is 29.8 Å². The van der Waals surface area contributed by atoms with Gasteiger partial charge in [-0.25, -0.2) is 4.79 Å². The second-order valence-corrected chi connectivity index (χ2v) is 5.10. The second-order valence-electron chi connectivity index (χ2n) is 5.10. The number of benzene rings is 1. The van der Waals surface area contributed by atoms with E-state index in [9.17, 15) is 14.4 Å². The number of hydrogen-bond donors (Lipinski definition) is 2. The second kappa shape index (κ2) is 6.93. The maximum Gasteiger partial charge on any atom is 0.411 e. The molecule has 0 spiro atoms. The van der Waals surface area contributed by atoms with E-state index in [2.05, 4.69) is 10.1 Å². The molecule has 7 nitrogen and oxygen atoms in total. The van der Waals surface area contributed by atoms with E-state index >= 15 is 0 Å². The molecule has 2 amide bonds. The number of anilines is 1. The van der Waals surface area contributed by atoms with Crippen LogP contribution in [0.15, 0.2) is 24.3 Å². The molecule has 0 bridgehead atoms. The molecule has 0 radical (unpaired) electrons. The predicted octanol–water partition coefficient (Wildman–Crippen LogP) is 1.80. The van der Waals surface area contributed by atoms with Crippen molar-refractivity contribution in [3.63, 3.8) is 0 Å². The molecule has 0 aromatic heterocycles. The molecule has 1 aromatic rings. The molecule has 1 aromatic carbocycles. The zero-order valence-corrected chi connectivity index (χ0v) is 12.2. The molecule has 1 saturated heterocycles. The minimum atomic E-state index is -0.809. The summed E-state index contributed by atoms with van der Waals surface area (Å²) in [6.07, 6.45) is 0.314. The number of amides is 2. The van der Waals surface area contributed by atoms with E-state index in [1.165, 1.54) is 7.11 Å². The average molecular weight is 306 g/mol. The van der Waals surface area contributed by atoms with Crippen molar-refractivity contribution >= 4 is 23.7 Å². The number of piperidine rings is 1. The monoisotopic (exact) mass is 306 g/mol. The van der Waals surface area contributed by atoms with Crippen LogP contribution in [0.3, 0.4) is 0 Å². The molecule has 2 N–H and O–H groups in total. The maximum atomic E-state index is 12.4. The molecule has 0 aliphatic carbocycles. The number of likely N-dealkylation sites (tertiary alicyclic amines) is 1. The Labute approximate surface area is 127 Å². The lowest BCUT2D eigenvalue weighted by Gasteiger charge is -2.30. The van der Waals surface area contributed by atoms with Gasteiger partial charge in [0, 0.05) is 24.3 Å². The smallest absolute Gasteiger partial charge is 0.411 e. The van der Waals surface area contributed by atoms with E-state index in [4.69, 9.17) is 5.11 Å². The Morgan fingerprint density at radius 1 is 1.27 bits per heavy atom. The number of carboxylic acids is 1. The number of carboxylic acid groups (broad SMARTS) is 1. The number of nitrogens with one attached hydrogen (secondary N) is 1. The summed E-state index contributed by atoms with van der Waals surface area (Å²) < 4.78 is 4.50. The fourth-order valence-electron chi connectivity index (χ4n) is 2.41. The van der Waals surface area contributed by atoms with Gasteiger partial charge in [-0.15, -0.1) is 0 Å². The Hall–Kier alpha value is -2.57. The van der Waals surface area contributed by atoms with E-state index < -0.39 is 12.1 Å². The third kappa shape index (κ3) is 3.75. The number of nitrogens with zero attached hydrogens (tertiary/aromatic N) is 1. The molecular formula is C15H18N2O5. The standard InChI is InChI=1S/C15H18N2O5/c1-22-15(21)16-12-4-2-3-11(9-12)13(18)17-7-5-10(6-8-17)14(19)20/h2-4,9-10H,5-8H2,1H3,(H,16,21)(H,19,20). The van der Waals surface area contributed by atoms with E-state index in [1.807, 2.05) is 0 Å². The van der Waals surface area contributed by atoms with Gasteiger partial charge in [0.15, 0.2) is 0 Å². The molecule has 1 aliphatic heterocycles. The lowest BCUT2D eigenvalue weighted by molar-refractivity contribution is -0.143. The Morgan fingerprint density at radius 3 is 2.55 bits per heavy atom. The first-order valence-corrected chi connectivity index (χ1v) is 6.98. The topological polar surface area (TPSA) is 95.9 Å². The summed E-state index contributed by atoms with van der Waals surface area (Å²) in [4.78, 5) is 36.2. The van der Waals surface area contributed by atoms with E-state index in [0.29, 0.717) is 37.2 Å². The van der Waals surface area contributed by atoms with Crippen molar-refractivity contribution in [1.82, 2.24) is 4.90 Å². The van der Waals surface area contributed by atoms with Crippen molar-refractivity contribution in [2.75, 3.05) is 25.5 Å². The van der Waals surface area contributed by atoms with Crippen LogP contribution in [0.4, 0.5) is 10.5 Å². The van der Waals surface area contributed by atoms with Crippen LogP contribution in [0.1, 0.15) is 23.2 Å². The van der Waals surface area contributed by atoms with Crippen molar-refractivity contribution in [2.45, 2.75) is 12.8 Å². The summed E-state index contributed by atoms with van der Waals surface area (Å²) in [6.45, 7) is 0.842. The van der Waals surface area contributed by atoms with Crippen molar-refractivity contribution < 1.29 is 24.2 Å². The van der Waals surface area contributed by atoms with Crippen LogP contribution in [0.25, 0.3) is 0 Å². The maximum absolute atomic E-state index is 12.4. The first-order chi connectivity index (χ1) is 10.5. The summed E-state index contributed by atoms with van der Waals surface area (Å²) in [6, 6.07) is 6.56. The number of rotatable bonds is 3. The summed E-state index contributed by atoms with van der Waals surface area (Å²) in [7, 11) is 1.26. The molecule has 0 unspecified atom stereocenters. The fraction of sp³-hybridized carbons (Fsp3) is 0.400. The zero-order chi connectivity index (χ0) is 16.1. The summed E-state index contributed by atoms with van der Waals surface area (Å²) >= 11 is 0. The molecule has 2 rings (SSSR count). The summed E-state index contributed by atoms with van der Waals surface area (Å²) in [5.41, 5.74) is 0.917. The number of methoxy groups -OCH3 is 1. The summed E-state index contributed by atoms with van der Waals surface area (Å²) in [5, 5.41) is 11.5. The highest BCUT2D eigenvalue weighted by Crippen LogP contribution is 2.20. The first-order valence-electron chi connectivity index (χ1n) is 6.98. The highest BCUT2D eigenvalue weighted by Gasteiger charge is 2.27. The highest BCUT2D eigenvalue weighted by molar-refractivity contribution is 5.96. The van der Waals surface area contributed by atoms with Crippen LogP contribution < -0.4 is 5.32 Å². The van der Waals surface area contributed by atoms with Crippen LogP contribution in [0.5, 0.6) is 0 Å². The third-order valence-electron chi connectivity index (χ3n) is 3.67. The lowest BCUT2D eigenvalue weighted by Crippen LogP contribution is -2.40. The van der Waals surface area contributed by atoms with Gasteiger partial charge in [0.05, 0.1) is 13.0 Å². The predicted molar refractivity (Wildman–Crippen MR) is 78.7 cm³/mol. The van der Waals surface area contributed by atoms with Crippen LogP contribution in [-0.4, -0.2) is 48.2 Å². The minimum absolute atomic E-state index is 0.169. The number of aliphatic carboxylic acids is 1. The molecular weight excluding hydrogens is 288 g/mol. The van der Waals surface area contributed by atoms with Gasteiger partial charge in [-0.3, -0.25) is 14.9 Å². The molecule has 0 saturated carbocycles. The van der Waals surface area contributed by atoms with Crippen LogP contribution in [0.2, 0.25) is 0 Å². The van der Waals surface area contributed by atoms with Gasteiger partial charge in [-0.2, -0.15) is 0 Å². The quantitative estimate of drug-likeness (QED) is 0.887. The van der Waals surface area contributed by atoms with E-state index in [0.717, 1.165) is 0 Å². The Balaban J connectivity index is 2.02. The number of hydrogen-bond acceptors (Lipinski definition) is 4. The average Bonchev–Trinajstić information content (AvgIpc) is 2.54. The molecule has 0 atom stereocenters. The normalized spacial score (nSPS) is 15.2. The van der Waals surface area contributed by atoms with E-state index in [-0.39, 0.29) is 11.8 Å². The molecule has 22 heavy (non-hydrogen) atoms. The number of ether oxygens (including phenoxy) is 1. The van der Waals surface area contributed by atoms with Gasteiger partial charge in [0.1, 0.15) is 0 Å². The van der Waals surface area contributed by atoms with Gasteiger partial charge in [-0.05, 0) is 31.0 Å². The molecule has 1 heterocycles. The van der Waals surface area contributed by atoms with Gasteiger partial charge in [-0.1, -0.05) is 6.07 Å². The number of carbonyl (C=O) groups excluding carboxylic acids is 2. The lowest BCUT2D eigenvalue weighted by atomic mass is 9.96. The van der Waals surface area contributed by atoms with Crippen LogP contribution in [-0.2, 0) is 9.53 Å². The van der Waals surface area contributed by atoms with Crippen LogP contribution in [0, 0.1) is 5.92 Å². The van der Waals surface area contributed by atoms with Gasteiger partial charge < -0.3 is 14.7 Å². The van der Waals surface area contributed by atoms with Crippen molar-refractivity contribution in [3.8, 4) is 0 Å². The SMILES string of the molecule is COC(=O)Nc1cccc(C(=O)N2CCC(C(=O)O)CC2)c1. The number of carbonyl (C=O) groups is 3.